The Balaban J connectivity index is 2.08. The van der Waals surface area contributed by atoms with E-state index in [1.807, 2.05) is 12.1 Å². The average molecular weight is 320 g/mol. The molecule has 1 aromatic heterocycles. The maximum Gasteiger partial charge on any atom is 0.266 e. The van der Waals surface area contributed by atoms with Gasteiger partial charge in [0.25, 0.3) is 5.56 Å². The first-order valence-corrected chi connectivity index (χ1v) is 7.38. The van der Waals surface area contributed by atoms with Crippen LogP contribution in [-0.2, 0) is 11.2 Å². The highest BCUT2D eigenvalue weighted by molar-refractivity contribution is 5.90. The number of nitriles is 2. The van der Waals surface area contributed by atoms with E-state index < -0.39 is 5.56 Å². The molecule has 6 nitrogen and oxygen atoms in total. The van der Waals surface area contributed by atoms with Gasteiger partial charge in [0.15, 0.2) is 0 Å². The predicted molar refractivity (Wildman–Crippen MR) is 89.4 cm³/mol. The number of aryl methyl sites for hydroxylation is 1. The van der Waals surface area contributed by atoms with Gasteiger partial charge in [0.1, 0.15) is 11.6 Å². The van der Waals surface area contributed by atoms with Crippen LogP contribution in [-0.4, -0.2) is 10.9 Å². The highest BCUT2D eigenvalue weighted by atomic mass is 16.1. The van der Waals surface area contributed by atoms with E-state index in [0.717, 1.165) is 5.56 Å². The molecular formula is C18H16N4O2. The summed E-state index contributed by atoms with van der Waals surface area (Å²) in [5.74, 6) is -0.178. The lowest BCUT2D eigenvalue weighted by Gasteiger charge is -2.11. The molecule has 0 saturated heterocycles. The molecule has 24 heavy (non-hydrogen) atoms. The number of aromatic amines is 1. The third-order valence-electron chi connectivity index (χ3n) is 3.82. The van der Waals surface area contributed by atoms with Crippen LogP contribution in [0, 0.1) is 36.5 Å². The summed E-state index contributed by atoms with van der Waals surface area (Å²) in [4.78, 5) is 26.4. The van der Waals surface area contributed by atoms with Crippen LogP contribution in [0.15, 0.2) is 29.1 Å². The molecule has 1 aromatic carbocycles. The Bertz CT molecular complexity index is 912. The molecule has 0 unspecified atom stereocenters. The number of benzene rings is 1. The number of carbonyl (C=O) groups is 1. The number of nitrogens with zero attached hydrogens (tertiary/aromatic N) is 2. The molecule has 6 heteroatoms. The van der Waals surface area contributed by atoms with Crippen molar-refractivity contribution in [3.8, 4) is 12.1 Å². The lowest BCUT2D eigenvalue weighted by Crippen LogP contribution is -2.18. The van der Waals surface area contributed by atoms with Gasteiger partial charge < -0.3 is 10.3 Å². The Morgan fingerprint density at radius 1 is 1.17 bits per heavy atom. The quantitative estimate of drug-likeness (QED) is 0.900. The van der Waals surface area contributed by atoms with Crippen LogP contribution in [0.25, 0.3) is 0 Å². The molecule has 0 aliphatic carbocycles. The van der Waals surface area contributed by atoms with E-state index in [9.17, 15) is 9.59 Å². The van der Waals surface area contributed by atoms with Gasteiger partial charge in [-0.25, -0.2) is 0 Å². The highest BCUT2D eigenvalue weighted by Gasteiger charge is 2.13. The molecule has 0 aliphatic heterocycles. The SMILES string of the molecule is Cc1[nH]c(=O)c(C#N)c(C)c1CCC(=O)Nc1ccc(C#N)cc1. The normalized spacial score (nSPS) is 9.83. The summed E-state index contributed by atoms with van der Waals surface area (Å²) in [5, 5.41) is 20.6. The van der Waals surface area contributed by atoms with Crippen LogP contribution in [0.3, 0.4) is 0 Å². The van der Waals surface area contributed by atoms with E-state index in [1.165, 1.54) is 0 Å². The van der Waals surface area contributed by atoms with Gasteiger partial charge in [-0.1, -0.05) is 0 Å². The second-order valence-corrected chi connectivity index (χ2v) is 5.41. The molecular weight excluding hydrogens is 304 g/mol. The van der Waals surface area contributed by atoms with Crippen molar-refractivity contribution in [2.24, 2.45) is 0 Å². The molecule has 0 spiro atoms. The Morgan fingerprint density at radius 3 is 2.42 bits per heavy atom. The molecule has 0 atom stereocenters. The monoisotopic (exact) mass is 320 g/mol. The molecule has 0 bridgehead atoms. The van der Waals surface area contributed by atoms with Crippen molar-refractivity contribution in [2.45, 2.75) is 26.7 Å². The zero-order chi connectivity index (χ0) is 17.7. The van der Waals surface area contributed by atoms with Crippen molar-refractivity contribution in [3.05, 3.63) is 62.6 Å². The van der Waals surface area contributed by atoms with Crippen molar-refractivity contribution in [1.29, 1.82) is 10.5 Å². The van der Waals surface area contributed by atoms with E-state index >= 15 is 0 Å². The van der Waals surface area contributed by atoms with Gasteiger partial charge in [-0.3, -0.25) is 9.59 Å². The Labute approximate surface area is 139 Å². The van der Waals surface area contributed by atoms with Gasteiger partial charge in [-0.15, -0.1) is 0 Å². The predicted octanol–water partition coefficient (Wildman–Crippen LogP) is 2.31. The molecule has 0 saturated carbocycles. The van der Waals surface area contributed by atoms with Crippen LogP contribution in [0.4, 0.5) is 5.69 Å². The first-order chi connectivity index (χ1) is 11.5. The van der Waals surface area contributed by atoms with Crippen molar-refractivity contribution < 1.29 is 4.79 Å². The summed E-state index contributed by atoms with van der Waals surface area (Å²) in [6, 6.07) is 10.5. The number of hydrogen-bond acceptors (Lipinski definition) is 4. The second-order valence-electron chi connectivity index (χ2n) is 5.41. The zero-order valence-electron chi connectivity index (χ0n) is 13.4. The number of carbonyl (C=O) groups excluding carboxylic acids is 1. The van der Waals surface area contributed by atoms with Crippen LogP contribution >= 0.6 is 0 Å². The highest BCUT2D eigenvalue weighted by Crippen LogP contribution is 2.16. The molecule has 120 valence electrons. The summed E-state index contributed by atoms with van der Waals surface area (Å²) in [6.07, 6.45) is 0.643. The third kappa shape index (κ3) is 3.68. The van der Waals surface area contributed by atoms with Crippen LogP contribution < -0.4 is 10.9 Å². The molecule has 0 fully saturated rings. The molecule has 1 amide bonds. The topological polar surface area (TPSA) is 110 Å². The van der Waals surface area contributed by atoms with Crippen molar-refractivity contribution >= 4 is 11.6 Å². The number of hydrogen-bond donors (Lipinski definition) is 2. The van der Waals surface area contributed by atoms with Crippen LogP contribution in [0.5, 0.6) is 0 Å². The van der Waals surface area contributed by atoms with E-state index in [-0.39, 0.29) is 17.9 Å². The van der Waals surface area contributed by atoms with Crippen LogP contribution in [0.1, 0.15) is 34.4 Å². The second kappa shape index (κ2) is 7.26. The first kappa shape index (κ1) is 17.0. The number of H-pyrrole nitrogens is 1. The lowest BCUT2D eigenvalue weighted by atomic mass is 9.99. The zero-order valence-corrected chi connectivity index (χ0v) is 13.4. The summed E-state index contributed by atoms with van der Waals surface area (Å²) in [5.41, 5.74) is 2.92. The van der Waals surface area contributed by atoms with E-state index in [1.54, 1.807) is 38.1 Å². The summed E-state index contributed by atoms with van der Waals surface area (Å²) in [7, 11) is 0. The minimum absolute atomic E-state index is 0.0862. The first-order valence-electron chi connectivity index (χ1n) is 7.38. The molecule has 0 aliphatic rings. The fourth-order valence-electron chi connectivity index (χ4n) is 2.51. The maximum absolute atomic E-state index is 12.1. The molecule has 2 rings (SSSR count). The smallest absolute Gasteiger partial charge is 0.266 e. The minimum Gasteiger partial charge on any atom is -0.326 e. The molecule has 0 radical (unpaired) electrons. The van der Waals surface area contributed by atoms with Gasteiger partial charge >= 0.3 is 0 Å². The molecule has 2 aromatic rings. The number of pyridine rings is 1. The standard InChI is InChI=1S/C18H16N4O2/c1-11-15(12(2)21-18(24)16(11)10-20)7-8-17(23)22-14-5-3-13(9-19)4-6-14/h3-6H,7-8H2,1-2H3,(H,21,24)(H,22,23). The Kier molecular flexibility index (Phi) is 5.13. The fourth-order valence-corrected chi connectivity index (χ4v) is 2.51. The number of amides is 1. The maximum atomic E-state index is 12.1. The van der Waals surface area contributed by atoms with Gasteiger partial charge in [0.2, 0.25) is 5.91 Å². The van der Waals surface area contributed by atoms with Crippen molar-refractivity contribution in [2.75, 3.05) is 5.32 Å². The summed E-state index contributed by atoms with van der Waals surface area (Å²) >= 11 is 0. The molecule has 2 N–H and O–H groups in total. The van der Waals surface area contributed by atoms with Crippen LogP contribution in [0.2, 0.25) is 0 Å². The lowest BCUT2D eigenvalue weighted by molar-refractivity contribution is -0.116. The van der Waals surface area contributed by atoms with E-state index in [2.05, 4.69) is 10.3 Å². The number of rotatable bonds is 4. The Hall–Kier alpha value is -3.38. The fraction of sp³-hybridized carbons (Fsp3) is 0.222. The van der Waals surface area contributed by atoms with Gasteiger partial charge in [0, 0.05) is 17.8 Å². The van der Waals surface area contributed by atoms with Crippen molar-refractivity contribution in [3.63, 3.8) is 0 Å². The summed E-state index contributed by atoms with van der Waals surface area (Å²) < 4.78 is 0. The minimum atomic E-state index is -0.404. The average Bonchev–Trinajstić information content (AvgIpc) is 2.55. The van der Waals surface area contributed by atoms with Crippen molar-refractivity contribution in [1.82, 2.24) is 4.98 Å². The van der Waals surface area contributed by atoms with E-state index in [4.69, 9.17) is 10.5 Å². The van der Waals surface area contributed by atoms with Gasteiger partial charge in [-0.2, -0.15) is 10.5 Å². The van der Waals surface area contributed by atoms with Gasteiger partial charge in [-0.05, 0) is 55.7 Å². The number of nitrogens with one attached hydrogen (secondary N) is 2. The molecule has 1 heterocycles. The van der Waals surface area contributed by atoms with E-state index in [0.29, 0.717) is 28.9 Å². The summed E-state index contributed by atoms with van der Waals surface area (Å²) in [6.45, 7) is 3.47. The largest absolute Gasteiger partial charge is 0.326 e. The number of aromatic nitrogens is 1. The van der Waals surface area contributed by atoms with Gasteiger partial charge in [0.05, 0.1) is 11.6 Å². The third-order valence-corrected chi connectivity index (χ3v) is 3.82. The Morgan fingerprint density at radius 2 is 1.83 bits per heavy atom. The number of anilines is 1.